The number of carbonyl (C=O) groups is 1. The number of halogens is 1. The van der Waals surface area contributed by atoms with Gasteiger partial charge in [-0.15, -0.1) is 12.4 Å². The number of aryl methyl sites for hydroxylation is 1. The maximum atomic E-state index is 12.5. The first-order chi connectivity index (χ1) is 10.3. The summed E-state index contributed by atoms with van der Waals surface area (Å²) in [6.45, 7) is 7.25. The monoisotopic (exact) mass is 336 g/mol. The molecule has 1 amide bonds. The minimum Gasteiger partial charge on any atom is -0.340 e. The van der Waals surface area contributed by atoms with Crippen LogP contribution in [-0.2, 0) is 0 Å². The molecule has 3 N–H and O–H groups in total. The van der Waals surface area contributed by atoms with Crippen molar-refractivity contribution in [1.29, 1.82) is 0 Å². The van der Waals surface area contributed by atoms with Gasteiger partial charge in [-0.25, -0.2) is 0 Å². The summed E-state index contributed by atoms with van der Waals surface area (Å²) in [5, 5.41) is 7.07. The Balaban J connectivity index is 0.00000264. The van der Waals surface area contributed by atoms with Crippen molar-refractivity contribution in [3.8, 4) is 11.3 Å². The van der Waals surface area contributed by atoms with Gasteiger partial charge in [-0.05, 0) is 24.9 Å². The molecule has 0 bridgehead atoms. The van der Waals surface area contributed by atoms with Crippen molar-refractivity contribution >= 4 is 18.3 Å². The molecule has 0 spiro atoms. The lowest BCUT2D eigenvalue weighted by Gasteiger charge is -2.28. The Bertz CT molecular complexity index is 649. The van der Waals surface area contributed by atoms with E-state index in [4.69, 9.17) is 5.73 Å². The van der Waals surface area contributed by atoms with Crippen molar-refractivity contribution < 1.29 is 4.79 Å². The number of hydrogen-bond donors (Lipinski definition) is 2. The highest BCUT2D eigenvalue weighted by molar-refractivity contribution is 5.93. The van der Waals surface area contributed by atoms with Gasteiger partial charge in [0.25, 0.3) is 5.91 Å². The van der Waals surface area contributed by atoms with E-state index in [1.54, 1.807) is 18.0 Å². The third-order valence-electron chi connectivity index (χ3n) is 3.72. The van der Waals surface area contributed by atoms with Crippen LogP contribution in [0, 0.1) is 12.3 Å². The van der Waals surface area contributed by atoms with E-state index in [0.717, 1.165) is 11.3 Å². The number of amides is 1. The standard InChI is InChI=1S/C17H24N4O.ClH/c1-12-5-7-13(8-6-12)14-9-15(20-19-14)16(22)21(4)11-17(2,3)10-18;/h5-9H,10-11,18H2,1-4H3,(H,19,20);1H. The second-order valence-corrected chi connectivity index (χ2v) is 6.56. The first-order valence-corrected chi connectivity index (χ1v) is 7.40. The van der Waals surface area contributed by atoms with Crippen molar-refractivity contribution in [3.63, 3.8) is 0 Å². The zero-order valence-corrected chi connectivity index (χ0v) is 14.9. The fourth-order valence-corrected chi connectivity index (χ4v) is 2.29. The summed E-state index contributed by atoms with van der Waals surface area (Å²) >= 11 is 0. The first-order valence-electron chi connectivity index (χ1n) is 7.40. The molecule has 23 heavy (non-hydrogen) atoms. The summed E-state index contributed by atoms with van der Waals surface area (Å²) < 4.78 is 0. The quantitative estimate of drug-likeness (QED) is 0.881. The molecule has 2 aromatic rings. The summed E-state index contributed by atoms with van der Waals surface area (Å²) in [6.07, 6.45) is 0. The Morgan fingerprint density at radius 1 is 1.30 bits per heavy atom. The SMILES string of the molecule is Cc1ccc(-c2cc(C(=O)N(C)CC(C)(C)CN)[nH]n2)cc1.Cl. The van der Waals surface area contributed by atoms with Gasteiger partial charge in [0.05, 0.1) is 5.69 Å². The lowest BCUT2D eigenvalue weighted by molar-refractivity contribution is 0.0734. The zero-order chi connectivity index (χ0) is 16.3. The molecule has 1 aromatic carbocycles. The number of aromatic amines is 1. The molecule has 1 aromatic heterocycles. The molecule has 0 aliphatic carbocycles. The third-order valence-corrected chi connectivity index (χ3v) is 3.72. The molecule has 1 heterocycles. The van der Waals surface area contributed by atoms with Gasteiger partial charge in [0.15, 0.2) is 0 Å². The minimum absolute atomic E-state index is 0. The lowest BCUT2D eigenvalue weighted by Crippen LogP contribution is -2.39. The molecule has 0 aliphatic heterocycles. The average Bonchev–Trinajstić information content (AvgIpc) is 2.96. The Kier molecular flexibility index (Phi) is 6.36. The number of benzene rings is 1. The van der Waals surface area contributed by atoms with Crippen LogP contribution in [0.3, 0.4) is 0 Å². The van der Waals surface area contributed by atoms with Crippen LogP contribution in [0.2, 0.25) is 0 Å². The van der Waals surface area contributed by atoms with Crippen LogP contribution < -0.4 is 5.73 Å². The predicted octanol–water partition coefficient (Wildman–Crippen LogP) is 2.86. The molecule has 0 saturated carbocycles. The molecule has 0 fully saturated rings. The summed E-state index contributed by atoms with van der Waals surface area (Å²) in [6, 6.07) is 9.85. The predicted molar refractivity (Wildman–Crippen MR) is 95.8 cm³/mol. The Hall–Kier alpha value is -1.85. The summed E-state index contributed by atoms with van der Waals surface area (Å²) in [4.78, 5) is 14.1. The molecule has 0 radical (unpaired) electrons. The van der Waals surface area contributed by atoms with Gasteiger partial charge in [-0.3, -0.25) is 9.89 Å². The van der Waals surface area contributed by atoms with Gasteiger partial charge >= 0.3 is 0 Å². The largest absolute Gasteiger partial charge is 0.340 e. The van der Waals surface area contributed by atoms with Crippen molar-refractivity contribution in [2.75, 3.05) is 20.1 Å². The Morgan fingerprint density at radius 2 is 1.91 bits per heavy atom. The minimum atomic E-state index is -0.107. The fourth-order valence-electron chi connectivity index (χ4n) is 2.29. The topological polar surface area (TPSA) is 75.0 Å². The van der Waals surface area contributed by atoms with E-state index in [9.17, 15) is 4.79 Å². The fraction of sp³-hybridized carbons (Fsp3) is 0.412. The highest BCUT2D eigenvalue weighted by Crippen LogP contribution is 2.20. The maximum absolute atomic E-state index is 12.5. The normalized spacial score (nSPS) is 11.0. The Labute approximate surface area is 143 Å². The molecular weight excluding hydrogens is 312 g/mol. The van der Waals surface area contributed by atoms with Gasteiger partial charge in [0.1, 0.15) is 5.69 Å². The maximum Gasteiger partial charge on any atom is 0.271 e. The van der Waals surface area contributed by atoms with E-state index in [1.165, 1.54) is 5.56 Å². The average molecular weight is 337 g/mol. The molecule has 126 valence electrons. The second-order valence-electron chi connectivity index (χ2n) is 6.56. The molecule has 2 rings (SSSR count). The zero-order valence-electron chi connectivity index (χ0n) is 14.1. The van der Waals surface area contributed by atoms with Gasteiger partial charge in [-0.2, -0.15) is 5.10 Å². The molecule has 5 nitrogen and oxygen atoms in total. The van der Waals surface area contributed by atoms with Crippen molar-refractivity contribution in [3.05, 3.63) is 41.6 Å². The van der Waals surface area contributed by atoms with Gasteiger partial charge in [0, 0.05) is 19.2 Å². The number of nitrogens with one attached hydrogen (secondary N) is 1. The molecule has 0 atom stereocenters. The summed E-state index contributed by atoms with van der Waals surface area (Å²) in [5.74, 6) is -0.0765. The number of carbonyl (C=O) groups excluding carboxylic acids is 1. The number of H-pyrrole nitrogens is 1. The van der Waals surface area contributed by atoms with Crippen molar-refractivity contribution in [2.24, 2.45) is 11.1 Å². The second kappa shape index (κ2) is 7.62. The Morgan fingerprint density at radius 3 is 2.48 bits per heavy atom. The molecule has 0 aliphatic rings. The van der Waals surface area contributed by atoms with Crippen LogP contribution in [0.25, 0.3) is 11.3 Å². The molecule has 6 heteroatoms. The molecule has 0 saturated heterocycles. The first kappa shape index (κ1) is 19.2. The smallest absolute Gasteiger partial charge is 0.271 e. The van der Waals surface area contributed by atoms with Gasteiger partial charge < -0.3 is 10.6 Å². The van der Waals surface area contributed by atoms with Crippen molar-refractivity contribution in [1.82, 2.24) is 15.1 Å². The van der Waals surface area contributed by atoms with E-state index in [-0.39, 0.29) is 23.7 Å². The number of nitrogens with zero attached hydrogens (tertiary/aromatic N) is 2. The highest BCUT2D eigenvalue weighted by atomic mass is 35.5. The van der Waals surface area contributed by atoms with Crippen LogP contribution in [0.5, 0.6) is 0 Å². The van der Waals surface area contributed by atoms with Crippen LogP contribution in [0.15, 0.2) is 30.3 Å². The number of rotatable bonds is 5. The lowest BCUT2D eigenvalue weighted by atomic mass is 9.93. The van der Waals surface area contributed by atoms with E-state index in [1.807, 2.05) is 45.0 Å². The van der Waals surface area contributed by atoms with Crippen LogP contribution >= 0.6 is 12.4 Å². The van der Waals surface area contributed by atoms with Gasteiger partial charge in [0.2, 0.25) is 0 Å². The van der Waals surface area contributed by atoms with Crippen LogP contribution in [0.1, 0.15) is 29.9 Å². The van der Waals surface area contributed by atoms with E-state index in [2.05, 4.69) is 10.2 Å². The number of hydrogen-bond acceptors (Lipinski definition) is 3. The number of aromatic nitrogens is 2. The van der Waals surface area contributed by atoms with Crippen molar-refractivity contribution in [2.45, 2.75) is 20.8 Å². The van der Waals surface area contributed by atoms with Gasteiger partial charge in [-0.1, -0.05) is 43.7 Å². The van der Waals surface area contributed by atoms with Crippen LogP contribution in [0.4, 0.5) is 0 Å². The van der Waals surface area contributed by atoms with E-state index >= 15 is 0 Å². The number of nitrogens with two attached hydrogens (primary N) is 1. The highest BCUT2D eigenvalue weighted by Gasteiger charge is 2.23. The third kappa shape index (κ3) is 4.81. The molecular formula is C17H25ClN4O. The summed E-state index contributed by atoms with van der Waals surface area (Å²) in [7, 11) is 1.78. The summed E-state index contributed by atoms with van der Waals surface area (Å²) in [5.41, 5.74) is 9.07. The van der Waals surface area contributed by atoms with Crippen LogP contribution in [-0.4, -0.2) is 41.1 Å². The van der Waals surface area contributed by atoms with E-state index < -0.39 is 0 Å². The molecule has 0 unspecified atom stereocenters. The van der Waals surface area contributed by atoms with E-state index in [0.29, 0.717) is 18.8 Å².